The van der Waals surface area contributed by atoms with Crippen LogP contribution >= 0.6 is 0 Å². The highest BCUT2D eigenvalue weighted by Crippen LogP contribution is 2.33. The highest BCUT2D eigenvalue weighted by molar-refractivity contribution is 5.96. The van der Waals surface area contributed by atoms with Gasteiger partial charge in [0.1, 0.15) is 5.54 Å². The van der Waals surface area contributed by atoms with Crippen molar-refractivity contribution in [3.63, 3.8) is 0 Å². The summed E-state index contributed by atoms with van der Waals surface area (Å²) in [5, 5.41) is 19.0. The lowest BCUT2D eigenvalue weighted by Gasteiger charge is -2.33. The number of aromatic amines is 1. The zero-order valence-corrected chi connectivity index (χ0v) is 9.51. The summed E-state index contributed by atoms with van der Waals surface area (Å²) < 4.78 is 0. The zero-order chi connectivity index (χ0) is 12.5. The van der Waals surface area contributed by atoms with Gasteiger partial charge in [-0.05, 0) is 19.3 Å². The van der Waals surface area contributed by atoms with Crippen molar-refractivity contribution in [1.82, 2.24) is 20.3 Å². The lowest BCUT2D eigenvalue weighted by Crippen LogP contribution is -2.52. The third-order valence-electron chi connectivity index (χ3n) is 3.35. The Morgan fingerprint density at radius 2 is 2.41 bits per heavy atom. The van der Waals surface area contributed by atoms with E-state index in [1.165, 1.54) is 11.1 Å². The highest BCUT2D eigenvalue weighted by Gasteiger charge is 2.49. The minimum absolute atomic E-state index is 0.158. The van der Waals surface area contributed by atoms with Crippen molar-refractivity contribution in [2.45, 2.75) is 31.7 Å². The van der Waals surface area contributed by atoms with E-state index < -0.39 is 11.5 Å². The van der Waals surface area contributed by atoms with Crippen LogP contribution in [0.2, 0.25) is 0 Å². The Morgan fingerprint density at radius 1 is 1.65 bits per heavy atom. The van der Waals surface area contributed by atoms with E-state index in [0.717, 1.165) is 0 Å². The molecule has 2 heterocycles. The number of rotatable bonds is 3. The van der Waals surface area contributed by atoms with Gasteiger partial charge in [0.2, 0.25) is 0 Å². The van der Waals surface area contributed by atoms with Crippen LogP contribution in [0.3, 0.4) is 0 Å². The third-order valence-corrected chi connectivity index (χ3v) is 3.35. The van der Waals surface area contributed by atoms with Crippen LogP contribution in [0, 0.1) is 0 Å². The Bertz CT molecular complexity index is 431. The molecule has 1 aliphatic rings. The standard InChI is InChI=1S/C10H14N4O3/c1-2-10(9(16)17)4-3-5-14(10)8(15)7-6-11-13-12-7/h6H,2-5H2,1H3,(H,16,17)(H,11,12,13). The number of amides is 1. The van der Waals surface area contributed by atoms with E-state index in [0.29, 0.717) is 25.8 Å². The van der Waals surface area contributed by atoms with Crippen LogP contribution in [0.5, 0.6) is 0 Å². The molecule has 1 saturated heterocycles. The Morgan fingerprint density at radius 3 is 2.94 bits per heavy atom. The lowest BCUT2D eigenvalue weighted by molar-refractivity contribution is -0.148. The fourth-order valence-corrected chi connectivity index (χ4v) is 2.36. The van der Waals surface area contributed by atoms with Crippen molar-refractivity contribution >= 4 is 11.9 Å². The minimum Gasteiger partial charge on any atom is -0.479 e. The van der Waals surface area contributed by atoms with Gasteiger partial charge in [0.25, 0.3) is 5.91 Å². The van der Waals surface area contributed by atoms with Crippen LogP contribution < -0.4 is 0 Å². The Kier molecular flexibility index (Phi) is 2.83. The van der Waals surface area contributed by atoms with Crippen LogP contribution in [-0.4, -0.2) is 49.4 Å². The predicted molar refractivity (Wildman–Crippen MR) is 57.3 cm³/mol. The number of aliphatic carboxylic acids is 1. The molecule has 1 aromatic rings. The largest absolute Gasteiger partial charge is 0.479 e. The van der Waals surface area contributed by atoms with Crippen molar-refractivity contribution in [1.29, 1.82) is 0 Å². The Balaban J connectivity index is 2.31. The van der Waals surface area contributed by atoms with Gasteiger partial charge in [-0.25, -0.2) is 4.79 Å². The molecule has 0 radical (unpaired) electrons. The topological polar surface area (TPSA) is 99.2 Å². The molecule has 2 N–H and O–H groups in total. The fourth-order valence-electron chi connectivity index (χ4n) is 2.36. The van der Waals surface area contributed by atoms with Gasteiger partial charge in [-0.1, -0.05) is 6.92 Å². The molecule has 0 aliphatic carbocycles. The first-order valence-corrected chi connectivity index (χ1v) is 5.53. The molecule has 1 atom stereocenters. The number of H-pyrrole nitrogens is 1. The molecule has 1 unspecified atom stereocenters. The first-order valence-electron chi connectivity index (χ1n) is 5.53. The average molecular weight is 238 g/mol. The normalized spacial score (nSPS) is 23.9. The van der Waals surface area contributed by atoms with Gasteiger partial charge < -0.3 is 10.0 Å². The molecule has 1 aliphatic heterocycles. The maximum absolute atomic E-state index is 12.1. The highest BCUT2D eigenvalue weighted by atomic mass is 16.4. The third kappa shape index (κ3) is 1.67. The summed E-state index contributed by atoms with van der Waals surface area (Å²) in [6.45, 7) is 2.23. The number of carbonyl (C=O) groups is 2. The molecular formula is C10H14N4O3. The second-order valence-corrected chi connectivity index (χ2v) is 4.11. The number of nitrogens with zero attached hydrogens (tertiary/aromatic N) is 3. The molecule has 17 heavy (non-hydrogen) atoms. The van der Waals surface area contributed by atoms with E-state index in [1.54, 1.807) is 6.92 Å². The molecule has 0 bridgehead atoms. The molecule has 92 valence electrons. The van der Waals surface area contributed by atoms with Crippen molar-refractivity contribution in [2.75, 3.05) is 6.54 Å². The number of nitrogens with one attached hydrogen (secondary N) is 1. The zero-order valence-electron chi connectivity index (χ0n) is 9.51. The van der Waals surface area contributed by atoms with Crippen LogP contribution in [0.15, 0.2) is 6.20 Å². The number of hydrogen-bond donors (Lipinski definition) is 2. The molecule has 1 aromatic heterocycles. The van der Waals surface area contributed by atoms with Crippen LogP contribution in [0.4, 0.5) is 0 Å². The number of aromatic nitrogens is 3. The molecule has 0 saturated carbocycles. The van der Waals surface area contributed by atoms with Crippen molar-refractivity contribution in [3.8, 4) is 0 Å². The second-order valence-electron chi connectivity index (χ2n) is 4.11. The molecule has 1 fully saturated rings. The average Bonchev–Trinajstić information content (AvgIpc) is 2.97. The number of carbonyl (C=O) groups excluding carboxylic acids is 1. The van der Waals surface area contributed by atoms with Gasteiger partial charge in [-0.2, -0.15) is 15.4 Å². The maximum Gasteiger partial charge on any atom is 0.329 e. The van der Waals surface area contributed by atoms with Gasteiger partial charge >= 0.3 is 5.97 Å². The molecule has 7 heteroatoms. The number of carboxylic acids is 1. The molecule has 2 rings (SSSR count). The van der Waals surface area contributed by atoms with E-state index >= 15 is 0 Å². The first-order chi connectivity index (χ1) is 8.12. The van der Waals surface area contributed by atoms with Gasteiger partial charge in [0.05, 0.1) is 6.20 Å². The number of hydrogen-bond acceptors (Lipinski definition) is 4. The summed E-state index contributed by atoms with van der Waals surface area (Å²) in [6.07, 6.45) is 2.89. The Labute approximate surface area is 97.8 Å². The molecule has 7 nitrogen and oxygen atoms in total. The quantitative estimate of drug-likeness (QED) is 0.787. The minimum atomic E-state index is -1.09. The number of likely N-dealkylation sites (tertiary alicyclic amines) is 1. The molecular weight excluding hydrogens is 224 g/mol. The molecule has 0 spiro atoms. The second kappa shape index (κ2) is 4.15. The monoisotopic (exact) mass is 238 g/mol. The summed E-state index contributed by atoms with van der Waals surface area (Å²) in [5.41, 5.74) is -0.929. The van der Waals surface area contributed by atoms with Crippen molar-refractivity contribution in [3.05, 3.63) is 11.9 Å². The van der Waals surface area contributed by atoms with E-state index in [2.05, 4.69) is 15.4 Å². The first kappa shape index (κ1) is 11.6. The SMILES string of the molecule is CCC1(C(=O)O)CCCN1C(=O)c1cn[nH]n1. The van der Waals surface area contributed by atoms with Gasteiger partial charge in [0.15, 0.2) is 5.69 Å². The smallest absolute Gasteiger partial charge is 0.329 e. The lowest BCUT2D eigenvalue weighted by atomic mass is 9.93. The van der Waals surface area contributed by atoms with Crippen molar-refractivity contribution < 1.29 is 14.7 Å². The van der Waals surface area contributed by atoms with Crippen LogP contribution in [0.1, 0.15) is 36.7 Å². The van der Waals surface area contributed by atoms with Crippen LogP contribution in [-0.2, 0) is 4.79 Å². The van der Waals surface area contributed by atoms with Gasteiger partial charge in [-0.3, -0.25) is 4.79 Å². The Hall–Kier alpha value is -1.92. The van der Waals surface area contributed by atoms with E-state index in [4.69, 9.17) is 0 Å². The summed E-state index contributed by atoms with van der Waals surface area (Å²) in [6, 6.07) is 0. The molecule has 1 amide bonds. The van der Waals surface area contributed by atoms with Crippen LogP contribution in [0.25, 0.3) is 0 Å². The summed E-state index contributed by atoms with van der Waals surface area (Å²) in [7, 11) is 0. The number of carboxylic acid groups (broad SMARTS) is 1. The summed E-state index contributed by atoms with van der Waals surface area (Å²) in [5.74, 6) is -1.32. The van der Waals surface area contributed by atoms with Crippen molar-refractivity contribution in [2.24, 2.45) is 0 Å². The maximum atomic E-state index is 12.1. The predicted octanol–water partition coefficient (Wildman–Crippen LogP) is 0.274. The van der Waals surface area contributed by atoms with E-state index in [-0.39, 0.29) is 11.6 Å². The summed E-state index contributed by atoms with van der Waals surface area (Å²) >= 11 is 0. The van der Waals surface area contributed by atoms with Gasteiger partial charge in [0, 0.05) is 6.54 Å². The van der Waals surface area contributed by atoms with E-state index in [9.17, 15) is 14.7 Å². The molecule has 0 aromatic carbocycles. The summed E-state index contributed by atoms with van der Waals surface area (Å²) in [4.78, 5) is 24.9. The van der Waals surface area contributed by atoms with Gasteiger partial charge in [-0.15, -0.1) is 0 Å². The van der Waals surface area contributed by atoms with E-state index in [1.807, 2.05) is 0 Å². The fraction of sp³-hybridized carbons (Fsp3) is 0.600.